The molecular formula is C10H9NO2. The lowest BCUT2D eigenvalue weighted by molar-refractivity contribution is 0.111. The molecule has 0 radical (unpaired) electrons. The van der Waals surface area contributed by atoms with Gasteiger partial charge in [0.05, 0.1) is 12.0 Å². The van der Waals surface area contributed by atoms with E-state index in [9.17, 15) is 4.79 Å². The Morgan fingerprint density at radius 1 is 1.38 bits per heavy atom. The highest BCUT2D eigenvalue weighted by atomic mass is 16.3. The number of H-pyrrole nitrogens is 1. The van der Waals surface area contributed by atoms with Crippen molar-refractivity contribution in [3.8, 4) is 0 Å². The number of aromatic amines is 1. The van der Waals surface area contributed by atoms with Crippen LogP contribution in [0.25, 0.3) is 0 Å². The Morgan fingerprint density at radius 2 is 2.31 bits per heavy atom. The average Bonchev–Trinajstić information content (AvgIpc) is 2.76. The molecule has 0 bridgehead atoms. The standard InChI is InChI=1S/C10H9NO2/c12-7-9-4-3-8(11-9)6-10-2-1-5-13-10/h1-5,7,11H,6H2. The Hall–Kier alpha value is -1.77. The molecule has 0 aliphatic rings. The fraction of sp³-hybridized carbons (Fsp3) is 0.100. The van der Waals surface area contributed by atoms with Gasteiger partial charge in [0.15, 0.2) is 6.29 Å². The van der Waals surface area contributed by atoms with Crippen LogP contribution in [0.3, 0.4) is 0 Å². The van der Waals surface area contributed by atoms with Crippen LogP contribution >= 0.6 is 0 Å². The molecule has 0 unspecified atom stereocenters. The third-order valence-electron chi connectivity index (χ3n) is 1.84. The van der Waals surface area contributed by atoms with Crippen molar-refractivity contribution in [3.63, 3.8) is 0 Å². The number of carbonyl (C=O) groups is 1. The molecule has 2 aromatic rings. The van der Waals surface area contributed by atoms with Gasteiger partial charge in [-0.15, -0.1) is 0 Å². The highest BCUT2D eigenvalue weighted by molar-refractivity contribution is 5.72. The van der Waals surface area contributed by atoms with Gasteiger partial charge in [-0.05, 0) is 24.3 Å². The first-order valence-corrected chi connectivity index (χ1v) is 4.04. The molecule has 2 rings (SSSR count). The number of carbonyl (C=O) groups excluding carboxylic acids is 1. The fourth-order valence-electron chi connectivity index (χ4n) is 1.23. The van der Waals surface area contributed by atoms with Gasteiger partial charge in [0, 0.05) is 12.1 Å². The molecule has 0 saturated heterocycles. The molecule has 66 valence electrons. The molecule has 0 spiro atoms. The van der Waals surface area contributed by atoms with E-state index in [0.717, 1.165) is 17.7 Å². The largest absolute Gasteiger partial charge is 0.469 e. The van der Waals surface area contributed by atoms with E-state index in [2.05, 4.69) is 4.98 Å². The summed E-state index contributed by atoms with van der Waals surface area (Å²) in [4.78, 5) is 13.3. The highest BCUT2D eigenvalue weighted by Gasteiger charge is 2.00. The highest BCUT2D eigenvalue weighted by Crippen LogP contribution is 2.08. The third kappa shape index (κ3) is 1.69. The van der Waals surface area contributed by atoms with Crippen molar-refractivity contribution >= 4 is 6.29 Å². The van der Waals surface area contributed by atoms with Crippen molar-refractivity contribution in [1.29, 1.82) is 0 Å². The van der Waals surface area contributed by atoms with Gasteiger partial charge >= 0.3 is 0 Å². The topological polar surface area (TPSA) is 46.0 Å². The fourth-order valence-corrected chi connectivity index (χ4v) is 1.23. The predicted molar refractivity (Wildman–Crippen MR) is 47.7 cm³/mol. The molecule has 3 nitrogen and oxygen atoms in total. The minimum atomic E-state index is 0.599. The summed E-state index contributed by atoms with van der Waals surface area (Å²) in [6.07, 6.45) is 3.13. The second-order valence-corrected chi connectivity index (χ2v) is 2.81. The van der Waals surface area contributed by atoms with E-state index in [1.165, 1.54) is 0 Å². The molecule has 0 aliphatic carbocycles. The Morgan fingerprint density at radius 3 is 2.92 bits per heavy atom. The van der Waals surface area contributed by atoms with E-state index in [0.29, 0.717) is 12.1 Å². The summed E-state index contributed by atoms with van der Waals surface area (Å²) >= 11 is 0. The smallest absolute Gasteiger partial charge is 0.166 e. The van der Waals surface area contributed by atoms with Crippen LogP contribution in [0.2, 0.25) is 0 Å². The van der Waals surface area contributed by atoms with Gasteiger partial charge in [-0.2, -0.15) is 0 Å². The molecule has 0 amide bonds. The summed E-state index contributed by atoms with van der Waals surface area (Å²) in [5.74, 6) is 0.888. The van der Waals surface area contributed by atoms with Crippen LogP contribution in [0.5, 0.6) is 0 Å². The molecule has 13 heavy (non-hydrogen) atoms. The molecule has 2 heterocycles. The Balaban J connectivity index is 2.14. The maximum Gasteiger partial charge on any atom is 0.166 e. The molecule has 0 saturated carbocycles. The van der Waals surface area contributed by atoms with Crippen molar-refractivity contribution in [2.45, 2.75) is 6.42 Å². The monoisotopic (exact) mass is 175 g/mol. The number of hydrogen-bond acceptors (Lipinski definition) is 2. The van der Waals surface area contributed by atoms with Crippen molar-refractivity contribution in [1.82, 2.24) is 4.98 Å². The SMILES string of the molecule is O=Cc1ccc(Cc2ccco2)[nH]1. The van der Waals surface area contributed by atoms with Crippen LogP contribution in [-0.4, -0.2) is 11.3 Å². The van der Waals surface area contributed by atoms with Gasteiger partial charge in [-0.25, -0.2) is 0 Å². The summed E-state index contributed by atoms with van der Waals surface area (Å²) in [7, 11) is 0. The third-order valence-corrected chi connectivity index (χ3v) is 1.84. The average molecular weight is 175 g/mol. The molecule has 0 fully saturated rings. The number of aromatic nitrogens is 1. The summed E-state index contributed by atoms with van der Waals surface area (Å²) in [6, 6.07) is 7.39. The lowest BCUT2D eigenvalue weighted by Gasteiger charge is -1.92. The van der Waals surface area contributed by atoms with Crippen molar-refractivity contribution in [2.24, 2.45) is 0 Å². The second-order valence-electron chi connectivity index (χ2n) is 2.81. The number of nitrogens with one attached hydrogen (secondary N) is 1. The molecule has 2 aromatic heterocycles. The molecule has 0 aliphatic heterocycles. The minimum Gasteiger partial charge on any atom is -0.469 e. The van der Waals surface area contributed by atoms with Gasteiger partial charge in [0.1, 0.15) is 5.76 Å². The minimum absolute atomic E-state index is 0.599. The zero-order valence-corrected chi connectivity index (χ0v) is 6.99. The Kier molecular flexibility index (Phi) is 2.00. The maximum absolute atomic E-state index is 10.4. The summed E-state index contributed by atoms with van der Waals surface area (Å²) < 4.78 is 5.17. The van der Waals surface area contributed by atoms with Gasteiger partial charge in [0.2, 0.25) is 0 Å². The van der Waals surface area contributed by atoms with Gasteiger partial charge in [0.25, 0.3) is 0 Å². The second kappa shape index (κ2) is 3.31. The lowest BCUT2D eigenvalue weighted by atomic mass is 10.2. The number of rotatable bonds is 3. The lowest BCUT2D eigenvalue weighted by Crippen LogP contribution is -1.86. The van der Waals surface area contributed by atoms with E-state index < -0.39 is 0 Å². The predicted octanol–water partition coefficient (Wildman–Crippen LogP) is 2.01. The van der Waals surface area contributed by atoms with Crippen LogP contribution in [0.1, 0.15) is 21.9 Å². The van der Waals surface area contributed by atoms with Crippen LogP contribution in [0.4, 0.5) is 0 Å². The Labute approximate surface area is 75.4 Å². The first-order chi connectivity index (χ1) is 6.38. The van der Waals surface area contributed by atoms with Gasteiger partial charge in [-0.1, -0.05) is 0 Å². The van der Waals surface area contributed by atoms with Crippen LogP contribution in [0, 0.1) is 0 Å². The normalized spacial score (nSPS) is 10.2. The van der Waals surface area contributed by atoms with E-state index >= 15 is 0 Å². The van der Waals surface area contributed by atoms with Crippen molar-refractivity contribution in [3.05, 3.63) is 47.7 Å². The molecule has 0 atom stereocenters. The molecule has 0 aromatic carbocycles. The number of aldehydes is 1. The van der Waals surface area contributed by atoms with Gasteiger partial charge in [-0.3, -0.25) is 4.79 Å². The quantitative estimate of drug-likeness (QED) is 0.725. The summed E-state index contributed by atoms with van der Waals surface area (Å²) in [5.41, 5.74) is 1.58. The molecule has 3 heteroatoms. The van der Waals surface area contributed by atoms with E-state index in [4.69, 9.17) is 4.42 Å². The zero-order chi connectivity index (χ0) is 9.10. The first-order valence-electron chi connectivity index (χ1n) is 4.04. The number of hydrogen-bond donors (Lipinski definition) is 1. The summed E-state index contributed by atoms with van der Waals surface area (Å²) in [5, 5.41) is 0. The molecule has 1 N–H and O–H groups in total. The first kappa shape index (κ1) is 7.86. The zero-order valence-electron chi connectivity index (χ0n) is 6.99. The van der Waals surface area contributed by atoms with Crippen molar-refractivity contribution < 1.29 is 9.21 Å². The van der Waals surface area contributed by atoms with Crippen molar-refractivity contribution in [2.75, 3.05) is 0 Å². The van der Waals surface area contributed by atoms with E-state index in [1.54, 1.807) is 12.3 Å². The Bertz CT molecular complexity index is 387. The molecular weight excluding hydrogens is 166 g/mol. The van der Waals surface area contributed by atoms with Gasteiger partial charge < -0.3 is 9.40 Å². The van der Waals surface area contributed by atoms with Crippen LogP contribution < -0.4 is 0 Å². The van der Waals surface area contributed by atoms with Crippen LogP contribution in [0.15, 0.2) is 34.9 Å². The maximum atomic E-state index is 10.4. The summed E-state index contributed by atoms with van der Waals surface area (Å²) in [6.45, 7) is 0. The van der Waals surface area contributed by atoms with Crippen LogP contribution in [-0.2, 0) is 6.42 Å². The van der Waals surface area contributed by atoms with E-state index in [-0.39, 0.29) is 0 Å². The number of furan rings is 1. The van der Waals surface area contributed by atoms with E-state index in [1.807, 2.05) is 18.2 Å².